The number of carboxylic acid groups (broad SMARTS) is 1. The summed E-state index contributed by atoms with van der Waals surface area (Å²) in [6.45, 7) is -0.427. The van der Waals surface area contributed by atoms with E-state index in [0.29, 0.717) is 11.3 Å². The lowest BCUT2D eigenvalue weighted by Crippen LogP contribution is -2.33. The maximum Gasteiger partial charge on any atom is 0.341 e. The number of aliphatic carboxylic acids is 1. The Labute approximate surface area is 123 Å². The van der Waals surface area contributed by atoms with Crippen molar-refractivity contribution in [2.24, 2.45) is 0 Å². The van der Waals surface area contributed by atoms with E-state index in [1.54, 1.807) is 31.4 Å². The summed E-state index contributed by atoms with van der Waals surface area (Å²) in [5, 5.41) is 11.5. The van der Waals surface area contributed by atoms with Crippen LogP contribution < -0.4 is 10.1 Å². The van der Waals surface area contributed by atoms with E-state index in [4.69, 9.17) is 14.6 Å². The van der Waals surface area contributed by atoms with Crippen molar-refractivity contribution in [2.45, 2.75) is 31.4 Å². The van der Waals surface area contributed by atoms with Crippen molar-refractivity contribution in [2.75, 3.05) is 13.7 Å². The van der Waals surface area contributed by atoms with E-state index in [2.05, 4.69) is 5.32 Å². The Kier molecular flexibility index (Phi) is 5.16. The van der Waals surface area contributed by atoms with E-state index in [1.807, 2.05) is 0 Å². The van der Waals surface area contributed by atoms with Gasteiger partial charge in [0.25, 0.3) is 5.91 Å². The van der Waals surface area contributed by atoms with Gasteiger partial charge in [-0.1, -0.05) is 6.07 Å². The van der Waals surface area contributed by atoms with E-state index in [-0.39, 0.29) is 18.1 Å². The van der Waals surface area contributed by atoms with Crippen LogP contribution >= 0.6 is 0 Å². The molecular weight excluding hydrogens is 274 g/mol. The summed E-state index contributed by atoms with van der Waals surface area (Å²) in [5.74, 6) is -0.870. The molecule has 1 aromatic rings. The van der Waals surface area contributed by atoms with Crippen molar-refractivity contribution in [1.29, 1.82) is 0 Å². The Morgan fingerprint density at radius 3 is 2.86 bits per heavy atom. The van der Waals surface area contributed by atoms with Gasteiger partial charge in [0.05, 0.1) is 6.10 Å². The average Bonchev–Trinajstić information content (AvgIpc) is 2.93. The zero-order chi connectivity index (χ0) is 15.2. The summed E-state index contributed by atoms with van der Waals surface area (Å²) in [6.07, 6.45) is 2.88. The molecule has 114 valence electrons. The first kappa shape index (κ1) is 15.3. The van der Waals surface area contributed by atoms with Gasteiger partial charge in [0.2, 0.25) is 0 Å². The first-order valence-electron chi connectivity index (χ1n) is 6.87. The fraction of sp³-hybridized carbons (Fsp3) is 0.467. The highest BCUT2D eigenvalue weighted by molar-refractivity contribution is 5.94. The first-order chi connectivity index (χ1) is 10.1. The molecule has 1 fully saturated rings. The van der Waals surface area contributed by atoms with E-state index in [1.165, 1.54) is 0 Å². The van der Waals surface area contributed by atoms with Crippen LogP contribution in [0.25, 0.3) is 0 Å². The molecule has 2 rings (SSSR count). The maximum atomic E-state index is 12.2. The first-order valence-corrected chi connectivity index (χ1v) is 6.87. The molecule has 1 aliphatic carbocycles. The quantitative estimate of drug-likeness (QED) is 0.829. The molecule has 0 saturated heterocycles. The second kappa shape index (κ2) is 7.08. The Bertz CT molecular complexity index is 517. The van der Waals surface area contributed by atoms with Crippen LogP contribution in [0.3, 0.4) is 0 Å². The highest BCUT2D eigenvalue weighted by Gasteiger charge is 2.25. The van der Waals surface area contributed by atoms with Gasteiger partial charge in [-0.3, -0.25) is 4.79 Å². The largest absolute Gasteiger partial charge is 0.482 e. The van der Waals surface area contributed by atoms with Crippen molar-refractivity contribution < 1.29 is 24.2 Å². The minimum Gasteiger partial charge on any atom is -0.482 e. The van der Waals surface area contributed by atoms with Crippen molar-refractivity contribution in [1.82, 2.24) is 5.32 Å². The smallest absolute Gasteiger partial charge is 0.341 e. The van der Waals surface area contributed by atoms with Crippen LogP contribution in [-0.2, 0) is 9.53 Å². The van der Waals surface area contributed by atoms with Crippen LogP contribution in [-0.4, -0.2) is 42.8 Å². The van der Waals surface area contributed by atoms with Crippen molar-refractivity contribution >= 4 is 11.9 Å². The minimum absolute atomic E-state index is 0.117. The number of benzene rings is 1. The summed E-state index contributed by atoms with van der Waals surface area (Å²) in [5.41, 5.74) is 0.457. The number of rotatable bonds is 6. The predicted octanol–water partition coefficient (Wildman–Crippen LogP) is 1.45. The van der Waals surface area contributed by atoms with Crippen molar-refractivity contribution in [3.63, 3.8) is 0 Å². The van der Waals surface area contributed by atoms with Gasteiger partial charge in [-0.2, -0.15) is 0 Å². The Morgan fingerprint density at radius 1 is 1.38 bits per heavy atom. The fourth-order valence-corrected chi connectivity index (χ4v) is 2.43. The molecule has 0 aromatic heterocycles. The molecule has 1 saturated carbocycles. The highest BCUT2D eigenvalue weighted by Crippen LogP contribution is 2.22. The highest BCUT2D eigenvalue weighted by atomic mass is 16.5. The zero-order valence-electron chi connectivity index (χ0n) is 11.9. The van der Waals surface area contributed by atoms with Gasteiger partial charge in [-0.05, 0) is 37.5 Å². The third kappa shape index (κ3) is 4.46. The summed E-state index contributed by atoms with van der Waals surface area (Å²) in [4.78, 5) is 22.6. The molecule has 0 bridgehead atoms. The number of hydrogen-bond acceptors (Lipinski definition) is 4. The van der Waals surface area contributed by atoms with E-state index in [9.17, 15) is 9.59 Å². The van der Waals surface area contributed by atoms with Crippen molar-refractivity contribution in [3.05, 3.63) is 29.8 Å². The lowest BCUT2D eigenvalue weighted by Gasteiger charge is -2.13. The van der Waals surface area contributed by atoms with Gasteiger partial charge in [0.1, 0.15) is 5.75 Å². The van der Waals surface area contributed by atoms with Crippen LogP contribution in [0, 0.1) is 0 Å². The number of ether oxygens (including phenoxy) is 2. The van der Waals surface area contributed by atoms with Gasteiger partial charge in [0, 0.05) is 18.7 Å². The number of amides is 1. The summed E-state index contributed by atoms with van der Waals surface area (Å²) in [6, 6.07) is 6.62. The zero-order valence-corrected chi connectivity index (χ0v) is 11.9. The Morgan fingerprint density at radius 2 is 2.19 bits per heavy atom. The maximum absolute atomic E-state index is 12.2. The average molecular weight is 293 g/mol. The minimum atomic E-state index is -1.05. The van der Waals surface area contributed by atoms with E-state index in [0.717, 1.165) is 19.3 Å². The van der Waals surface area contributed by atoms with Crippen LogP contribution in [0.4, 0.5) is 0 Å². The van der Waals surface area contributed by atoms with Gasteiger partial charge in [-0.25, -0.2) is 4.79 Å². The summed E-state index contributed by atoms with van der Waals surface area (Å²) >= 11 is 0. The number of methoxy groups -OCH3 is 1. The molecule has 1 aliphatic rings. The summed E-state index contributed by atoms with van der Waals surface area (Å²) in [7, 11) is 1.68. The molecule has 0 radical (unpaired) electrons. The van der Waals surface area contributed by atoms with E-state index >= 15 is 0 Å². The van der Waals surface area contributed by atoms with Crippen LogP contribution in [0.15, 0.2) is 24.3 Å². The molecule has 0 aliphatic heterocycles. The molecule has 1 aromatic carbocycles. The predicted molar refractivity (Wildman–Crippen MR) is 75.5 cm³/mol. The SMILES string of the molecule is COC1CCC(NC(=O)c2cccc(OCC(=O)O)c2)C1. The third-order valence-electron chi connectivity index (χ3n) is 3.51. The number of hydrogen-bond donors (Lipinski definition) is 2. The van der Waals surface area contributed by atoms with Crippen LogP contribution in [0.5, 0.6) is 5.75 Å². The number of carboxylic acids is 1. The third-order valence-corrected chi connectivity index (χ3v) is 3.51. The normalized spacial score (nSPS) is 21.0. The van der Waals surface area contributed by atoms with Crippen LogP contribution in [0.1, 0.15) is 29.6 Å². The monoisotopic (exact) mass is 293 g/mol. The lowest BCUT2D eigenvalue weighted by atomic mass is 10.1. The number of carbonyl (C=O) groups is 2. The molecule has 6 nitrogen and oxygen atoms in total. The van der Waals surface area contributed by atoms with E-state index < -0.39 is 12.6 Å². The second-order valence-electron chi connectivity index (χ2n) is 5.05. The molecule has 2 atom stereocenters. The molecular formula is C15H19NO5. The molecule has 6 heteroatoms. The Balaban J connectivity index is 1.93. The topological polar surface area (TPSA) is 84.9 Å². The molecule has 0 heterocycles. The van der Waals surface area contributed by atoms with Crippen molar-refractivity contribution in [3.8, 4) is 5.75 Å². The van der Waals surface area contributed by atoms with Gasteiger partial charge < -0.3 is 19.9 Å². The van der Waals surface area contributed by atoms with Gasteiger partial charge >= 0.3 is 5.97 Å². The standard InChI is InChI=1S/C15H19NO5/c1-20-12-6-5-11(8-12)16-15(19)10-3-2-4-13(7-10)21-9-14(17)18/h2-4,7,11-12H,5-6,8-9H2,1H3,(H,16,19)(H,17,18). The summed E-state index contributed by atoms with van der Waals surface area (Å²) < 4.78 is 10.3. The molecule has 2 unspecified atom stereocenters. The second-order valence-corrected chi connectivity index (χ2v) is 5.05. The number of carbonyl (C=O) groups excluding carboxylic acids is 1. The number of nitrogens with one attached hydrogen (secondary N) is 1. The lowest BCUT2D eigenvalue weighted by molar-refractivity contribution is -0.139. The Hall–Kier alpha value is -2.08. The molecule has 0 spiro atoms. The van der Waals surface area contributed by atoms with Gasteiger partial charge in [-0.15, -0.1) is 0 Å². The molecule has 21 heavy (non-hydrogen) atoms. The van der Waals surface area contributed by atoms with Crippen LogP contribution in [0.2, 0.25) is 0 Å². The molecule has 2 N–H and O–H groups in total. The van der Waals surface area contributed by atoms with Gasteiger partial charge in [0.15, 0.2) is 6.61 Å². The molecule has 1 amide bonds. The fourth-order valence-electron chi connectivity index (χ4n) is 2.43.